The zero-order valence-electron chi connectivity index (χ0n) is 17.4. The number of benzene rings is 2. The van der Waals surface area contributed by atoms with Gasteiger partial charge in [-0.1, -0.05) is 77.7 Å². The van der Waals surface area contributed by atoms with Gasteiger partial charge in [0.15, 0.2) is 4.34 Å². The SMILES string of the molecule is O=C(CCN1C(=O)/C(=C/c2ccccc2Cl)SC1=S)NNC(=O)CSc1nc2ccccc2s1. The smallest absolute Gasteiger partial charge is 0.266 e. The monoisotopic (exact) mass is 548 g/mol. The lowest BCUT2D eigenvalue weighted by molar-refractivity contribution is -0.128. The molecule has 4 rings (SSSR count). The molecular weight excluding hydrogens is 532 g/mol. The molecule has 0 unspecified atom stereocenters. The van der Waals surface area contributed by atoms with Gasteiger partial charge in [0, 0.05) is 18.0 Å². The van der Waals surface area contributed by atoms with E-state index in [4.69, 9.17) is 23.8 Å². The molecule has 1 aromatic heterocycles. The molecule has 174 valence electrons. The van der Waals surface area contributed by atoms with Crippen molar-refractivity contribution in [2.24, 2.45) is 0 Å². The average Bonchev–Trinajstić information content (AvgIpc) is 3.36. The number of carbonyl (C=O) groups is 3. The maximum Gasteiger partial charge on any atom is 0.266 e. The molecule has 2 N–H and O–H groups in total. The van der Waals surface area contributed by atoms with Gasteiger partial charge in [-0.15, -0.1) is 11.3 Å². The van der Waals surface area contributed by atoms with Gasteiger partial charge in [-0.05, 0) is 29.8 Å². The van der Waals surface area contributed by atoms with Gasteiger partial charge in [-0.3, -0.25) is 30.1 Å². The Hall–Kier alpha value is -2.44. The number of halogens is 1. The fraction of sp³-hybridized carbons (Fsp3) is 0.136. The Balaban J connectivity index is 1.22. The summed E-state index contributed by atoms with van der Waals surface area (Å²) in [6.07, 6.45) is 1.67. The molecule has 0 bridgehead atoms. The third-order valence-corrected chi connectivity index (χ3v) is 8.47. The number of fused-ring (bicyclic) bond motifs is 1. The van der Waals surface area contributed by atoms with E-state index in [1.54, 1.807) is 18.2 Å². The van der Waals surface area contributed by atoms with Crippen LogP contribution in [0.3, 0.4) is 0 Å². The highest BCUT2D eigenvalue weighted by molar-refractivity contribution is 8.26. The van der Waals surface area contributed by atoms with E-state index in [0.717, 1.165) is 26.3 Å². The molecular formula is C22H17ClN4O3S4. The Morgan fingerprint density at radius 1 is 1.12 bits per heavy atom. The molecule has 1 aliphatic rings. The van der Waals surface area contributed by atoms with Crippen LogP contribution in [0.2, 0.25) is 5.02 Å². The van der Waals surface area contributed by atoms with Crippen LogP contribution in [-0.2, 0) is 14.4 Å². The first-order valence-corrected chi connectivity index (χ1v) is 13.4. The van der Waals surface area contributed by atoms with Crippen LogP contribution in [0.5, 0.6) is 0 Å². The number of nitrogens with zero attached hydrogens (tertiary/aromatic N) is 2. The van der Waals surface area contributed by atoms with Gasteiger partial charge in [-0.2, -0.15) is 0 Å². The van der Waals surface area contributed by atoms with E-state index in [2.05, 4.69) is 15.8 Å². The molecule has 1 aliphatic heterocycles. The molecule has 0 atom stereocenters. The molecule has 7 nitrogen and oxygen atoms in total. The van der Waals surface area contributed by atoms with Crippen LogP contribution in [0, 0.1) is 0 Å². The predicted octanol–water partition coefficient (Wildman–Crippen LogP) is 4.48. The number of rotatable bonds is 7. The normalized spacial score (nSPS) is 14.7. The minimum absolute atomic E-state index is 0.0168. The highest BCUT2D eigenvalue weighted by Gasteiger charge is 2.32. The third-order valence-electron chi connectivity index (χ3n) is 4.57. The first-order valence-electron chi connectivity index (χ1n) is 9.96. The minimum atomic E-state index is -0.428. The van der Waals surface area contributed by atoms with E-state index >= 15 is 0 Å². The van der Waals surface area contributed by atoms with E-state index in [9.17, 15) is 14.4 Å². The first kappa shape index (κ1) is 24.7. The molecule has 34 heavy (non-hydrogen) atoms. The Morgan fingerprint density at radius 2 is 1.85 bits per heavy atom. The molecule has 1 fully saturated rings. The van der Waals surface area contributed by atoms with Crippen LogP contribution < -0.4 is 10.9 Å². The molecule has 0 spiro atoms. The largest absolute Gasteiger partial charge is 0.292 e. The van der Waals surface area contributed by atoms with Gasteiger partial charge in [0.05, 0.1) is 20.9 Å². The summed E-state index contributed by atoms with van der Waals surface area (Å²) < 4.78 is 2.20. The van der Waals surface area contributed by atoms with Crippen LogP contribution in [0.4, 0.5) is 0 Å². The van der Waals surface area contributed by atoms with Crippen molar-refractivity contribution in [3.63, 3.8) is 0 Å². The van der Waals surface area contributed by atoms with Crippen molar-refractivity contribution in [2.75, 3.05) is 12.3 Å². The number of carbonyl (C=O) groups excluding carboxylic acids is 3. The van der Waals surface area contributed by atoms with Crippen molar-refractivity contribution in [3.05, 3.63) is 64.0 Å². The molecule has 0 saturated carbocycles. The fourth-order valence-electron chi connectivity index (χ4n) is 2.92. The second-order valence-corrected chi connectivity index (χ2v) is 11.3. The molecule has 0 aliphatic carbocycles. The molecule has 2 heterocycles. The van der Waals surface area contributed by atoms with E-state index in [1.807, 2.05) is 36.4 Å². The Morgan fingerprint density at radius 3 is 2.65 bits per heavy atom. The lowest BCUT2D eigenvalue weighted by Gasteiger charge is -2.14. The van der Waals surface area contributed by atoms with Gasteiger partial charge in [0.25, 0.3) is 5.91 Å². The number of amides is 3. The Labute approximate surface area is 218 Å². The molecule has 3 aromatic rings. The number of para-hydroxylation sites is 1. The Bertz CT molecular complexity index is 1280. The second kappa shape index (κ2) is 11.3. The van der Waals surface area contributed by atoms with Crippen LogP contribution in [0.15, 0.2) is 57.8 Å². The zero-order valence-corrected chi connectivity index (χ0v) is 21.5. The topological polar surface area (TPSA) is 91.4 Å². The number of hydrogen-bond donors (Lipinski definition) is 2. The molecule has 0 radical (unpaired) electrons. The van der Waals surface area contributed by atoms with Crippen LogP contribution in [-0.4, -0.2) is 44.2 Å². The molecule has 12 heteroatoms. The Kier molecular flexibility index (Phi) is 8.22. The van der Waals surface area contributed by atoms with Gasteiger partial charge in [0.1, 0.15) is 4.32 Å². The fourth-order valence-corrected chi connectivity index (χ4v) is 6.28. The number of nitrogens with one attached hydrogen (secondary N) is 2. The van der Waals surface area contributed by atoms with Crippen LogP contribution in [0.1, 0.15) is 12.0 Å². The zero-order chi connectivity index (χ0) is 24.1. The number of hydrazine groups is 1. The van der Waals surface area contributed by atoms with Gasteiger partial charge >= 0.3 is 0 Å². The molecule has 2 aromatic carbocycles. The summed E-state index contributed by atoms with van der Waals surface area (Å²) in [6, 6.07) is 14.9. The maximum absolute atomic E-state index is 12.7. The van der Waals surface area contributed by atoms with Crippen molar-refractivity contribution in [3.8, 4) is 0 Å². The summed E-state index contributed by atoms with van der Waals surface area (Å²) in [5.41, 5.74) is 6.36. The van der Waals surface area contributed by atoms with E-state index in [1.165, 1.54) is 28.0 Å². The number of aromatic nitrogens is 1. The first-order chi connectivity index (χ1) is 16.4. The van der Waals surface area contributed by atoms with Crippen molar-refractivity contribution in [1.82, 2.24) is 20.7 Å². The summed E-state index contributed by atoms with van der Waals surface area (Å²) >= 11 is 15.4. The van der Waals surface area contributed by atoms with E-state index < -0.39 is 5.91 Å². The van der Waals surface area contributed by atoms with E-state index in [-0.39, 0.29) is 30.5 Å². The summed E-state index contributed by atoms with van der Waals surface area (Å²) in [6.45, 7) is 0.104. The second-order valence-electron chi connectivity index (χ2n) is 6.94. The van der Waals surface area contributed by atoms with Crippen molar-refractivity contribution in [2.45, 2.75) is 10.8 Å². The predicted molar refractivity (Wildman–Crippen MR) is 143 cm³/mol. The maximum atomic E-state index is 12.7. The lowest BCUT2D eigenvalue weighted by atomic mass is 10.2. The molecule has 1 saturated heterocycles. The number of hydrogen-bond acceptors (Lipinski definition) is 8. The highest BCUT2D eigenvalue weighted by atomic mass is 35.5. The average molecular weight is 549 g/mol. The highest BCUT2D eigenvalue weighted by Crippen LogP contribution is 2.33. The summed E-state index contributed by atoms with van der Waals surface area (Å²) in [5, 5.41) is 0.532. The molecule has 3 amide bonds. The lowest BCUT2D eigenvalue weighted by Crippen LogP contribution is -2.43. The number of thiazole rings is 1. The van der Waals surface area contributed by atoms with Crippen LogP contribution >= 0.6 is 58.7 Å². The quantitative estimate of drug-likeness (QED) is 0.195. The number of thiocarbonyl (C=S) groups is 1. The van der Waals surface area contributed by atoms with Crippen molar-refractivity contribution < 1.29 is 14.4 Å². The minimum Gasteiger partial charge on any atom is -0.292 e. The van der Waals surface area contributed by atoms with E-state index in [0.29, 0.717) is 19.8 Å². The van der Waals surface area contributed by atoms with Gasteiger partial charge in [0.2, 0.25) is 11.8 Å². The number of thioether (sulfide) groups is 2. The van der Waals surface area contributed by atoms with Gasteiger partial charge < -0.3 is 0 Å². The summed E-state index contributed by atoms with van der Waals surface area (Å²) in [5.74, 6) is -0.950. The summed E-state index contributed by atoms with van der Waals surface area (Å²) in [4.78, 5) is 43.2. The third kappa shape index (κ3) is 6.16. The van der Waals surface area contributed by atoms with Crippen molar-refractivity contribution in [1.29, 1.82) is 0 Å². The summed E-state index contributed by atoms with van der Waals surface area (Å²) in [7, 11) is 0. The van der Waals surface area contributed by atoms with Crippen LogP contribution in [0.25, 0.3) is 16.3 Å². The standard InChI is InChI=1S/C22H17ClN4O3S4/c23-14-6-2-1-5-13(14)11-17-20(30)27(22(31)34-17)10-9-18(28)25-26-19(29)12-32-21-24-15-7-3-4-8-16(15)33-21/h1-8,11H,9-10,12H2,(H,25,28)(H,26,29)/b17-11-. The van der Waals surface area contributed by atoms with Gasteiger partial charge in [-0.25, -0.2) is 4.98 Å². The van der Waals surface area contributed by atoms with Crippen molar-refractivity contribution >= 4 is 97.0 Å².